The van der Waals surface area contributed by atoms with E-state index < -0.39 is 0 Å². The molecular weight excluding hydrogens is 318 g/mol. The van der Waals surface area contributed by atoms with Gasteiger partial charge in [-0.1, -0.05) is 18.2 Å². The quantitative estimate of drug-likeness (QED) is 0.756. The van der Waals surface area contributed by atoms with Gasteiger partial charge in [-0.15, -0.1) is 14.8 Å². The fourth-order valence-electron chi connectivity index (χ4n) is 3.25. The zero-order valence-electron chi connectivity index (χ0n) is 14.2. The van der Waals surface area contributed by atoms with Crippen LogP contribution in [0.15, 0.2) is 36.4 Å². The van der Waals surface area contributed by atoms with Crippen LogP contribution in [0.5, 0.6) is 5.75 Å². The predicted molar refractivity (Wildman–Crippen MR) is 93.5 cm³/mol. The van der Waals surface area contributed by atoms with Gasteiger partial charge in [0, 0.05) is 31.2 Å². The minimum Gasteiger partial charge on any atom is -0.496 e. The van der Waals surface area contributed by atoms with Gasteiger partial charge in [0.2, 0.25) is 0 Å². The van der Waals surface area contributed by atoms with Gasteiger partial charge in [0.1, 0.15) is 11.6 Å². The second-order valence-corrected chi connectivity index (χ2v) is 6.25. The van der Waals surface area contributed by atoms with Crippen molar-refractivity contribution in [2.45, 2.75) is 25.4 Å². The second-order valence-electron chi connectivity index (χ2n) is 6.25. The van der Waals surface area contributed by atoms with E-state index in [1.54, 1.807) is 7.11 Å². The molecule has 8 nitrogen and oxygen atoms in total. The Morgan fingerprint density at radius 1 is 1.16 bits per heavy atom. The number of nitrogens with one attached hydrogen (secondary N) is 1. The molecule has 0 bridgehead atoms. The summed E-state index contributed by atoms with van der Waals surface area (Å²) in [5, 5.41) is 19.2. The lowest BCUT2D eigenvalue weighted by Crippen LogP contribution is -2.38. The molecule has 1 N–H and O–H groups in total. The van der Waals surface area contributed by atoms with Crippen molar-refractivity contribution in [3.63, 3.8) is 0 Å². The number of hydrogen-bond donors (Lipinski definition) is 1. The number of benzene rings is 1. The first-order valence-electron chi connectivity index (χ1n) is 8.48. The lowest BCUT2D eigenvalue weighted by molar-refractivity contribution is 0.208. The zero-order chi connectivity index (χ0) is 17.1. The van der Waals surface area contributed by atoms with Crippen molar-refractivity contribution in [1.82, 2.24) is 30.2 Å². The third-order valence-electron chi connectivity index (χ3n) is 4.60. The number of likely N-dealkylation sites (tertiary alicyclic amines) is 1. The molecule has 0 radical (unpaired) electrons. The van der Waals surface area contributed by atoms with Crippen LogP contribution in [0.1, 0.15) is 18.4 Å². The Bertz CT molecular complexity index is 842. The molecule has 1 aliphatic rings. The average Bonchev–Trinajstić information content (AvgIpc) is 3.12. The first-order chi connectivity index (χ1) is 12.3. The van der Waals surface area contributed by atoms with E-state index in [4.69, 9.17) is 4.74 Å². The van der Waals surface area contributed by atoms with Crippen molar-refractivity contribution in [3.8, 4) is 5.75 Å². The van der Waals surface area contributed by atoms with Crippen LogP contribution in [0.3, 0.4) is 0 Å². The number of nitrogens with zero attached hydrogens (tertiary/aromatic N) is 6. The van der Waals surface area contributed by atoms with Crippen LogP contribution in [0.4, 0.5) is 5.82 Å². The molecule has 0 saturated carbocycles. The van der Waals surface area contributed by atoms with Gasteiger partial charge < -0.3 is 10.1 Å². The standard InChI is InChI=1S/C17H21N7O/c1-25-15-5-3-2-4-13(15)12-23-10-8-14(9-11-23)18-16-6-7-17-19-21-22-24(17)20-16/h2-7,14H,8-12H2,1H3,(H,18,20). The fraction of sp³-hybridized carbons (Fsp3) is 0.412. The zero-order valence-corrected chi connectivity index (χ0v) is 14.2. The number of tetrazole rings is 1. The molecule has 8 heteroatoms. The molecule has 0 spiro atoms. The molecular formula is C17H21N7O. The van der Waals surface area contributed by atoms with E-state index in [9.17, 15) is 0 Å². The van der Waals surface area contributed by atoms with Crippen molar-refractivity contribution in [2.24, 2.45) is 0 Å². The number of ether oxygens (including phenoxy) is 1. The van der Waals surface area contributed by atoms with E-state index in [0.29, 0.717) is 11.7 Å². The molecule has 25 heavy (non-hydrogen) atoms. The average molecular weight is 339 g/mol. The van der Waals surface area contributed by atoms with Crippen LogP contribution in [-0.2, 0) is 6.54 Å². The highest BCUT2D eigenvalue weighted by molar-refractivity contribution is 5.42. The minimum atomic E-state index is 0.412. The molecule has 1 fully saturated rings. The molecule has 1 aromatic carbocycles. The number of fused-ring (bicyclic) bond motifs is 1. The Hall–Kier alpha value is -2.74. The summed E-state index contributed by atoms with van der Waals surface area (Å²) in [6.45, 7) is 3.01. The summed E-state index contributed by atoms with van der Waals surface area (Å²) in [6.07, 6.45) is 2.15. The topological polar surface area (TPSA) is 80.5 Å². The van der Waals surface area contributed by atoms with Crippen molar-refractivity contribution in [2.75, 3.05) is 25.5 Å². The molecule has 4 rings (SSSR count). The molecule has 3 heterocycles. The second kappa shape index (κ2) is 7.02. The van der Waals surface area contributed by atoms with Gasteiger partial charge in [-0.25, -0.2) is 0 Å². The van der Waals surface area contributed by atoms with Crippen LogP contribution in [0.25, 0.3) is 5.65 Å². The Kier molecular flexibility index (Phi) is 4.43. The smallest absolute Gasteiger partial charge is 0.200 e. The number of methoxy groups -OCH3 is 1. The van der Waals surface area contributed by atoms with Gasteiger partial charge in [0.05, 0.1) is 7.11 Å². The fourth-order valence-corrected chi connectivity index (χ4v) is 3.25. The molecule has 0 unspecified atom stereocenters. The molecule has 130 valence electrons. The van der Waals surface area contributed by atoms with Gasteiger partial charge in [-0.2, -0.15) is 0 Å². The highest BCUT2D eigenvalue weighted by Crippen LogP contribution is 2.22. The summed E-state index contributed by atoms with van der Waals surface area (Å²) in [4.78, 5) is 2.47. The Balaban J connectivity index is 1.33. The van der Waals surface area contributed by atoms with E-state index in [1.807, 2.05) is 24.3 Å². The third kappa shape index (κ3) is 3.53. The normalized spacial score (nSPS) is 16.2. The summed E-state index contributed by atoms with van der Waals surface area (Å²) < 4.78 is 6.89. The van der Waals surface area contributed by atoms with Crippen LogP contribution in [0.2, 0.25) is 0 Å². The summed E-state index contributed by atoms with van der Waals surface area (Å²) in [5.74, 6) is 1.77. The van der Waals surface area contributed by atoms with Crippen molar-refractivity contribution in [1.29, 1.82) is 0 Å². The maximum absolute atomic E-state index is 5.45. The molecule has 0 atom stereocenters. The minimum absolute atomic E-state index is 0.412. The van der Waals surface area contributed by atoms with Crippen molar-refractivity contribution >= 4 is 11.5 Å². The molecule has 1 saturated heterocycles. The van der Waals surface area contributed by atoms with E-state index >= 15 is 0 Å². The first kappa shape index (κ1) is 15.8. The van der Waals surface area contributed by atoms with Crippen LogP contribution < -0.4 is 10.1 Å². The number of aromatic nitrogens is 5. The Morgan fingerprint density at radius 2 is 2.00 bits per heavy atom. The lowest BCUT2D eigenvalue weighted by Gasteiger charge is -2.32. The maximum Gasteiger partial charge on any atom is 0.200 e. The van der Waals surface area contributed by atoms with Crippen LogP contribution in [0, 0.1) is 0 Å². The van der Waals surface area contributed by atoms with Gasteiger partial charge in [-0.05, 0) is 41.5 Å². The number of rotatable bonds is 5. The molecule has 3 aromatic rings. The lowest BCUT2D eigenvalue weighted by atomic mass is 10.0. The van der Waals surface area contributed by atoms with Crippen molar-refractivity contribution in [3.05, 3.63) is 42.0 Å². The van der Waals surface area contributed by atoms with E-state index in [2.05, 4.69) is 43.0 Å². The third-order valence-corrected chi connectivity index (χ3v) is 4.60. The largest absolute Gasteiger partial charge is 0.496 e. The van der Waals surface area contributed by atoms with Gasteiger partial charge >= 0.3 is 0 Å². The van der Waals surface area contributed by atoms with Gasteiger partial charge in [-0.3, -0.25) is 4.90 Å². The highest BCUT2D eigenvalue weighted by Gasteiger charge is 2.20. The van der Waals surface area contributed by atoms with Crippen molar-refractivity contribution < 1.29 is 4.74 Å². The molecule has 2 aromatic heterocycles. The van der Waals surface area contributed by atoms with Gasteiger partial charge in [0.25, 0.3) is 0 Å². The number of piperidine rings is 1. The summed E-state index contributed by atoms with van der Waals surface area (Å²) in [6, 6.07) is 12.4. The molecule has 1 aliphatic heterocycles. The highest BCUT2D eigenvalue weighted by atomic mass is 16.5. The van der Waals surface area contributed by atoms with E-state index in [1.165, 1.54) is 10.2 Å². The van der Waals surface area contributed by atoms with Crippen LogP contribution >= 0.6 is 0 Å². The number of para-hydroxylation sites is 1. The monoisotopic (exact) mass is 339 g/mol. The predicted octanol–water partition coefficient (Wildman–Crippen LogP) is 1.60. The summed E-state index contributed by atoms with van der Waals surface area (Å²) >= 11 is 0. The van der Waals surface area contributed by atoms with Gasteiger partial charge in [0.15, 0.2) is 5.65 Å². The Morgan fingerprint density at radius 3 is 2.84 bits per heavy atom. The molecule has 0 aliphatic carbocycles. The number of anilines is 1. The molecule has 0 amide bonds. The van der Waals surface area contributed by atoms with Crippen LogP contribution in [-0.4, -0.2) is 56.4 Å². The maximum atomic E-state index is 5.45. The van der Waals surface area contributed by atoms with E-state index in [0.717, 1.165) is 44.0 Å². The SMILES string of the molecule is COc1ccccc1CN1CCC(Nc2ccc3nnnn3n2)CC1. The summed E-state index contributed by atoms with van der Waals surface area (Å²) in [7, 11) is 1.73. The van der Waals surface area contributed by atoms with E-state index in [-0.39, 0.29) is 0 Å². The Labute approximate surface area is 145 Å². The summed E-state index contributed by atoms with van der Waals surface area (Å²) in [5.41, 5.74) is 1.89. The first-order valence-corrected chi connectivity index (χ1v) is 8.48. The number of hydrogen-bond acceptors (Lipinski definition) is 7.